The van der Waals surface area contributed by atoms with Crippen LogP contribution >= 0.6 is 12.2 Å². The molecule has 124 valence electrons. The van der Waals surface area contributed by atoms with Gasteiger partial charge in [-0.1, -0.05) is 6.08 Å². The van der Waals surface area contributed by atoms with Crippen LogP contribution in [-0.2, 0) is 4.79 Å². The van der Waals surface area contributed by atoms with Gasteiger partial charge in [-0.25, -0.2) is 0 Å². The summed E-state index contributed by atoms with van der Waals surface area (Å²) in [6, 6.07) is 3.32. The second-order valence-electron chi connectivity index (χ2n) is 4.22. The second kappa shape index (κ2) is 9.42. The van der Waals surface area contributed by atoms with Crippen LogP contribution in [0.4, 0.5) is 0 Å². The number of ether oxygens (including phenoxy) is 3. The molecule has 0 radical (unpaired) electrons. The first-order chi connectivity index (χ1) is 11.0. The summed E-state index contributed by atoms with van der Waals surface area (Å²) in [7, 11) is 2.94. The molecule has 8 heteroatoms. The lowest BCUT2D eigenvalue weighted by Gasteiger charge is -2.13. The highest BCUT2D eigenvalue weighted by Gasteiger charge is 2.15. The van der Waals surface area contributed by atoms with Crippen LogP contribution in [0, 0.1) is 0 Å². The van der Waals surface area contributed by atoms with E-state index in [-0.39, 0.29) is 5.75 Å². The summed E-state index contributed by atoms with van der Waals surface area (Å²) >= 11 is 5.01. The Bertz CT molecular complexity index is 592. The minimum Gasteiger partial charge on any atom is -0.493 e. The van der Waals surface area contributed by atoms with Gasteiger partial charge in [0.1, 0.15) is 0 Å². The molecule has 0 spiro atoms. The summed E-state index contributed by atoms with van der Waals surface area (Å²) in [5.74, 6) is 0.459. The number of hydrazone groups is 1. The summed E-state index contributed by atoms with van der Waals surface area (Å²) in [4.78, 5) is 11.2. The molecule has 0 bridgehead atoms. The topological polar surface area (TPSA) is 81.2 Å². The van der Waals surface area contributed by atoms with E-state index < -0.39 is 5.97 Å². The molecule has 0 atom stereocenters. The van der Waals surface area contributed by atoms with Crippen LogP contribution in [0.3, 0.4) is 0 Å². The van der Waals surface area contributed by atoms with Gasteiger partial charge in [-0.15, -0.1) is 6.58 Å². The zero-order chi connectivity index (χ0) is 17.2. The Morgan fingerprint density at radius 2 is 1.96 bits per heavy atom. The van der Waals surface area contributed by atoms with Crippen LogP contribution in [0.2, 0.25) is 0 Å². The fourth-order valence-corrected chi connectivity index (χ4v) is 1.72. The Labute approximate surface area is 140 Å². The summed E-state index contributed by atoms with van der Waals surface area (Å²) in [6.07, 6.45) is 3.21. The number of nitrogens with one attached hydrogen (secondary N) is 2. The highest BCUT2D eigenvalue weighted by molar-refractivity contribution is 7.80. The first-order valence-electron chi connectivity index (χ1n) is 6.64. The molecule has 0 aromatic heterocycles. The van der Waals surface area contributed by atoms with Crippen molar-refractivity contribution in [2.45, 2.75) is 6.92 Å². The van der Waals surface area contributed by atoms with Crippen LogP contribution in [-0.4, -0.2) is 38.1 Å². The van der Waals surface area contributed by atoms with Gasteiger partial charge in [0, 0.05) is 19.0 Å². The fourth-order valence-electron chi connectivity index (χ4n) is 1.59. The number of hydrogen-bond acceptors (Lipinski definition) is 6. The predicted octanol–water partition coefficient (Wildman–Crippen LogP) is 1.61. The van der Waals surface area contributed by atoms with Crippen molar-refractivity contribution >= 4 is 29.5 Å². The molecule has 1 aromatic carbocycles. The average Bonchev–Trinajstić information content (AvgIpc) is 2.53. The molecule has 0 fully saturated rings. The van der Waals surface area contributed by atoms with E-state index in [2.05, 4.69) is 22.4 Å². The lowest BCUT2D eigenvalue weighted by molar-refractivity contribution is -0.132. The molecule has 0 saturated carbocycles. The van der Waals surface area contributed by atoms with Gasteiger partial charge in [-0.2, -0.15) is 5.10 Å². The third-order valence-electron chi connectivity index (χ3n) is 2.52. The minimum atomic E-state index is -0.469. The van der Waals surface area contributed by atoms with Crippen LogP contribution in [0.25, 0.3) is 0 Å². The standard InChI is InChI=1S/C15H19N3O4S/c1-5-6-16-15(23)18-17-9-11-7-12(20-3)14(22-10(2)19)13(8-11)21-4/h5,7-9H,1,6H2,2-4H3,(H2,16,18,23)/b17-9-. The molecule has 0 aliphatic heterocycles. The van der Waals surface area contributed by atoms with E-state index in [9.17, 15) is 4.79 Å². The number of hydrogen-bond donors (Lipinski definition) is 2. The van der Waals surface area contributed by atoms with E-state index in [0.29, 0.717) is 28.7 Å². The first-order valence-corrected chi connectivity index (χ1v) is 7.04. The van der Waals surface area contributed by atoms with Crippen molar-refractivity contribution in [2.75, 3.05) is 20.8 Å². The van der Waals surface area contributed by atoms with E-state index >= 15 is 0 Å². The van der Waals surface area contributed by atoms with Crippen molar-refractivity contribution < 1.29 is 19.0 Å². The van der Waals surface area contributed by atoms with E-state index in [1.54, 1.807) is 18.2 Å². The summed E-state index contributed by atoms with van der Waals surface area (Å²) in [5, 5.41) is 7.25. The SMILES string of the molecule is C=CCNC(=S)N/N=C\c1cc(OC)c(OC(C)=O)c(OC)c1. The van der Waals surface area contributed by atoms with E-state index in [0.717, 1.165) is 0 Å². The number of nitrogens with zero attached hydrogens (tertiary/aromatic N) is 1. The molecule has 0 saturated heterocycles. The van der Waals surface area contributed by atoms with E-state index in [1.165, 1.54) is 27.4 Å². The van der Waals surface area contributed by atoms with Crippen LogP contribution < -0.4 is 25.0 Å². The summed E-state index contributed by atoms with van der Waals surface area (Å²) in [6.45, 7) is 5.42. The number of benzene rings is 1. The van der Waals surface area contributed by atoms with Crippen molar-refractivity contribution in [3.8, 4) is 17.2 Å². The van der Waals surface area contributed by atoms with Crippen molar-refractivity contribution in [3.63, 3.8) is 0 Å². The number of methoxy groups -OCH3 is 2. The Morgan fingerprint density at radius 1 is 1.35 bits per heavy atom. The normalized spacial score (nSPS) is 10.0. The van der Waals surface area contributed by atoms with Crippen LogP contribution in [0.5, 0.6) is 17.2 Å². The van der Waals surface area contributed by atoms with Gasteiger partial charge < -0.3 is 19.5 Å². The maximum atomic E-state index is 11.2. The lowest BCUT2D eigenvalue weighted by atomic mass is 10.2. The van der Waals surface area contributed by atoms with Crippen LogP contribution in [0.1, 0.15) is 12.5 Å². The third-order valence-corrected chi connectivity index (χ3v) is 2.75. The van der Waals surface area contributed by atoms with Gasteiger partial charge in [-0.3, -0.25) is 10.2 Å². The van der Waals surface area contributed by atoms with Crippen molar-refractivity contribution in [2.24, 2.45) is 5.10 Å². The van der Waals surface area contributed by atoms with E-state index in [1.807, 2.05) is 0 Å². The molecule has 7 nitrogen and oxygen atoms in total. The maximum Gasteiger partial charge on any atom is 0.308 e. The minimum absolute atomic E-state index is 0.218. The highest BCUT2D eigenvalue weighted by Crippen LogP contribution is 2.38. The third kappa shape index (κ3) is 5.95. The average molecular weight is 337 g/mol. The number of thiocarbonyl (C=S) groups is 1. The van der Waals surface area contributed by atoms with Crippen molar-refractivity contribution in [3.05, 3.63) is 30.4 Å². The van der Waals surface area contributed by atoms with Gasteiger partial charge in [-0.05, 0) is 24.4 Å². The fraction of sp³-hybridized carbons (Fsp3) is 0.267. The molecular formula is C15H19N3O4S. The van der Waals surface area contributed by atoms with Gasteiger partial charge in [0.15, 0.2) is 16.6 Å². The predicted molar refractivity (Wildman–Crippen MR) is 92.4 cm³/mol. The molecule has 23 heavy (non-hydrogen) atoms. The molecule has 0 heterocycles. The lowest BCUT2D eigenvalue weighted by Crippen LogP contribution is -2.31. The molecule has 0 unspecified atom stereocenters. The van der Waals surface area contributed by atoms with Gasteiger partial charge >= 0.3 is 5.97 Å². The smallest absolute Gasteiger partial charge is 0.308 e. The number of carbonyl (C=O) groups is 1. The molecule has 0 aliphatic rings. The Kier molecular flexibility index (Phi) is 7.55. The van der Waals surface area contributed by atoms with Crippen molar-refractivity contribution in [1.29, 1.82) is 0 Å². The molecule has 0 amide bonds. The number of carbonyl (C=O) groups excluding carboxylic acids is 1. The summed E-state index contributed by atoms with van der Waals surface area (Å²) < 4.78 is 15.6. The molecule has 1 aromatic rings. The number of rotatable bonds is 7. The monoisotopic (exact) mass is 337 g/mol. The van der Waals surface area contributed by atoms with Crippen molar-refractivity contribution in [1.82, 2.24) is 10.7 Å². The Morgan fingerprint density at radius 3 is 2.43 bits per heavy atom. The molecular weight excluding hydrogens is 318 g/mol. The Hall–Kier alpha value is -2.61. The molecule has 0 aliphatic carbocycles. The Balaban J connectivity index is 2.93. The first kappa shape index (κ1) is 18.4. The quantitative estimate of drug-likeness (QED) is 0.195. The highest BCUT2D eigenvalue weighted by atomic mass is 32.1. The molecule has 1 rings (SSSR count). The summed E-state index contributed by atoms with van der Waals surface area (Å²) in [5.41, 5.74) is 3.34. The number of esters is 1. The molecule has 2 N–H and O–H groups in total. The van der Waals surface area contributed by atoms with Crippen LogP contribution in [0.15, 0.2) is 29.9 Å². The van der Waals surface area contributed by atoms with E-state index in [4.69, 9.17) is 26.4 Å². The largest absolute Gasteiger partial charge is 0.493 e. The van der Waals surface area contributed by atoms with Gasteiger partial charge in [0.25, 0.3) is 0 Å². The maximum absolute atomic E-state index is 11.2. The second-order valence-corrected chi connectivity index (χ2v) is 4.63. The van der Waals surface area contributed by atoms with Gasteiger partial charge in [0.05, 0.1) is 20.4 Å². The van der Waals surface area contributed by atoms with Gasteiger partial charge in [0.2, 0.25) is 5.75 Å². The zero-order valence-electron chi connectivity index (χ0n) is 13.2. The zero-order valence-corrected chi connectivity index (χ0v) is 14.0.